The van der Waals surface area contributed by atoms with E-state index in [-0.39, 0.29) is 0 Å². The van der Waals surface area contributed by atoms with E-state index >= 15 is 0 Å². The molecule has 0 spiro atoms. The van der Waals surface area contributed by atoms with Crippen molar-refractivity contribution in [3.63, 3.8) is 0 Å². The van der Waals surface area contributed by atoms with E-state index < -0.39 is 0 Å². The van der Waals surface area contributed by atoms with E-state index in [0.717, 1.165) is 27.5 Å². The van der Waals surface area contributed by atoms with E-state index in [1.807, 2.05) is 36.4 Å². The lowest BCUT2D eigenvalue weighted by Gasteiger charge is -2.22. The van der Waals surface area contributed by atoms with Crippen LogP contribution in [0.3, 0.4) is 0 Å². The summed E-state index contributed by atoms with van der Waals surface area (Å²) in [6.45, 7) is 0.463. The predicted octanol–water partition coefficient (Wildman–Crippen LogP) is 8.29. The molecule has 0 atom stereocenters. The number of benzene rings is 3. The third kappa shape index (κ3) is 4.71. The van der Waals surface area contributed by atoms with Gasteiger partial charge < -0.3 is 4.74 Å². The zero-order valence-electron chi connectivity index (χ0n) is 15.8. The molecule has 3 aromatic carbocycles. The van der Waals surface area contributed by atoms with Gasteiger partial charge in [-0.05, 0) is 77.4 Å². The first kappa shape index (κ1) is 19.4. The van der Waals surface area contributed by atoms with Crippen LogP contribution in [-0.4, -0.2) is 0 Å². The van der Waals surface area contributed by atoms with Crippen LogP contribution in [0.1, 0.15) is 49.1 Å². The monoisotopic (exact) mass is 410 g/mol. The van der Waals surface area contributed by atoms with E-state index in [0.29, 0.717) is 17.5 Å². The van der Waals surface area contributed by atoms with Gasteiger partial charge in [0.2, 0.25) is 0 Å². The van der Waals surface area contributed by atoms with Gasteiger partial charge in [-0.3, -0.25) is 0 Å². The van der Waals surface area contributed by atoms with Crippen molar-refractivity contribution in [2.24, 2.45) is 0 Å². The van der Waals surface area contributed by atoms with Gasteiger partial charge in [0, 0.05) is 10.0 Å². The zero-order chi connectivity index (χ0) is 19.3. The Morgan fingerprint density at radius 1 is 0.786 bits per heavy atom. The lowest BCUT2D eigenvalue weighted by atomic mass is 9.84. The molecule has 3 aromatic rings. The summed E-state index contributed by atoms with van der Waals surface area (Å²) in [7, 11) is 0. The van der Waals surface area contributed by atoms with Crippen molar-refractivity contribution in [2.45, 2.75) is 44.6 Å². The van der Waals surface area contributed by atoms with Crippen molar-refractivity contribution in [3.05, 3.63) is 87.9 Å². The Kier molecular flexibility index (Phi) is 6.24. The van der Waals surface area contributed by atoms with Gasteiger partial charge in [-0.15, -0.1) is 0 Å². The highest BCUT2D eigenvalue weighted by Crippen LogP contribution is 2.34. The molecule has 28 heavy (non-hydrogen) atoms. The molecule has 0 radical (unpaired) electrons. The smallest absolute Gasteiger partial charge is 0.119 e. The molecule has 0 N–H and O–H groups in total. The Morgan fingerprint density at radius 3 is 2.29 bits per heavy atom. The zero-order valence-corrected chi connectivity index (χ0v) is 17.3. The van der Waals surface area contributed by atoms with Gasteiger partial charge in [0.15, 0.2) is 0 Å². The first-order valence-corrected chi connectivity index (χ1v) is 10.7. The molecule has 0 aromatic heterocycles. The van der Waals surface area contributed by atoms with Gasteiger partial charge in [-0.1, -0.05) is 72.8 Å². The summed E-state index contributed by atoms with van der Waals surface area (Å²) in [5.41, 5.74) is 4.64. The fraction of sp³-hybridized carbons (Fsp3) is 0.280. The summed E-state index contributed by atoms with van der Waals surface area (Å²) in [4.78, 5) is 0. The van der Waals surface area contributed by atoms with Gasteiger partial charge >= 0.3 is 0 Å². The number of hydrogen-bond donors (Lipinski definition) is 0. The largest absolute Gasteiger partial charge is 0.489 e. The fourth-order valence-electron chi connectivity index (χ4n) is 4.05. The topological polar surface area (TPSA) is 9.23 Å². The van der Waals surface area contributed by atoms with E-state index in [1.165, 1.54) is 37.7 Å². The maximum Gasteiger partial charge on any atom is 0.119 e. The summed E-state index contributed by atoms with van der Waals surface area (Å²) in [6.07, 6.45) is 6.71. The van der Waals surface area contributed by atoms with E-state index in [1.54, 1.807) is 0 Å². The summed E-state index contributed by atoms with van der Waals surface area (Å²) < 4.78 is 6.09. The first-order valence-electron chi connectivity index (χ1n) is 9.96. The second-order valence-corrected chi connectivity index (χ2v) is 8.38. The molecule has 0 unspecified atom stereocenters. The SMILES string of the molecule is Clc1cccc(-c2ccc(Cl)cc2COc2ccc(C3CCCCC3)cc2)c1. The molecule has 1 fully saturated rings. The van der Waals surface area contributed by atoms with Crippen LogP contribution in [0.5, 0.6) is 5.75 Å². The molecule has 0 aliphatic heterocycles. The normalized spacial score (nSPS) is 14.8. The summed E-state index contributed by atoms with van der Waals surface area (Å²) in [5.74, 6) is 1.60. The molecular weight excluding hydrogens is 387 g/mol. The molecule has 0 amide bonds. The van der Waals surface area contributed by atoms with Crippen LogP contribution < -0.4 is 4.74 Å². The average molecular weight is 411 g/mol. The van der Waals surface area contributed by atoms with Crippen LogP contribution >= 0.6 is 23.2 Å². The Balaban J connectivity index is 1.49. The molecule has 0 heterocycles. The van der Waals surface area contributed by atoms with Crippen LogP contribution in [0.2, 0.25) is 10.0 Å². The van der Waals surface area contributed by atoms with Crippen LogP contribution in [-0.2, 0) is 6.61 Å². The Morgan fingerprint density at radius 2 is 1.54 bits per heavy atom. The summed E-state index contributed by atoms with van der Waals surface area (Å²) >= 11 is 12.4. The second kappa shape index (κ2) is 9.03. The van der Waals surface area contributed by atoms with Crippen LogP contribution in [0.15, 0.2) is 66.7 Å². The fourth-order valence-corrected chi connectivity index (χ4v) is 4.44. The number of halogens is 2. The third-order valence-electron chi connectivity index (χ3n) is 5.55. The number of ether oxygens (including phenoxy) is 1. The molecule has 0 bridgehead atoms. The first-order chi connectivity index (χ1) is 13.7. The summed E-state index contributed by atoms with van der Waals surface area (Å²) in [6, 6.07) is 22.4. The highest BCUT2D eigenvalue weighted by Gasteiger charge is 2.15. The lowest BCUT2D eigenvalue weighted by molar-refractivity contribution is 0.306. The molecule has 0 saturated heterocycles. The second-order valence-electron chi connectivity index (χ2n) is 7.50. The Hall–Kier alpha value is -1.96. The maximum absolute atomic E-state index is 6.24. The van der Waals surface area contributed by atoms with Crippen molar-refractivity contribution in [3.8, 4) is 16.9 Å². The molecular formula is C25H24Cl2O. The van der Waals surface area contributed by atoms with Crippen molar-refractivity contribution in [2.75, 3.05) is 0 Å². The quantitative estimate of drug-likeness (QED) is 0.410. The van der Waals surface area contributed by atoms with Crippen LogP contribution in [0.4, 0.5) is 0 Å². The van der Waals surface area contributed by atoms with Crippen molar-refractivity contribution >= 4 is 23.2 Å². The third-order valence-corrected chi connectivity index (χ3v) is 6.02. The number of hydrogen-bond acceptors (Lipinski definition) is 1. The average Bonchev–Trinajstić information content (AvgIpc) is 2.73. The minimum absolute atomic E-state index is 0.463. The highest BCUT2D eigenvalue weighted by molar-refractivity contribution is 6.31. The van der Waals surface area contributed by atoms with Crippen molar-refractivity contribution < 1.29 is 4.74 Å². The van der Waals surface area contributed by atoms with Gasteiger partial charge in [-0.2, -0.15) is 0 Å². The van der Waals surface area contributed by atoms with Gasteiger partial charge in [0.25, 0.3) is 0 Å². The molecule has 1 aliphatic carbocycles. The van der Waals surface area contributed by atoms with E-state index in [9.17, 15) is 0 Å². The lowest BCUT2D eigenvalue weighted by Crippen LogP contribution is -2.04. The van der Waals surface area contributed by atoms with E-state index in [2.05, 4.69) is 30.3 Å². The molecule has 3 heteroatoms. The summed E-state index contributed by atoms with van der Waals surface area (Å²) in [5, 5.41) is 1.43. The van der Waals surface area contributed by atoms with Crippen molar-refractivity contribution in [1.82, 2.24) is 0 Å². The Labute approximate surface area is 177 Å². The van der Waals surface area contributed by atoms with E-state index in [4.69, 9.17) is 27.9 Å². The number of rotatable bonds is 5. The van der Waals surface area contributed by atoms with Crippen molar-refractivity contribution in [1.29, 1.82) is 0 Å². The van der Waals surface area contributed by atoms with Gasteiger partial charge in [0.05, 0.1) is 0 Å². The van der Waals surface area contributed by atoms with Crippen LogP contribution in [0, 0.1) is 0 Å². The molecule has 1 nitrogen and oxygen atoms in total. The molecule has 1 saturated carbocycles. The van der Waals surface area contributed by atoms with Crippen LogP contribution in [0.25, 0.3) is 11.1 Å². The van der Waals surface area contributed by atoms with Gasteiger partial charge in [0.1, 0.15) is 12.4 Å². The minimum Gasteiger partial charge on any atom is -0.489 e. The standard InChI is InChI=1S/C25H24Cl2O/c26-22-8-4-7-20(15-22)25-14-11-23(27)16-21(25)17-28-24-12-9-19(10-13-24)18-5-2-1-3-6-18/h4,7-16,18H,1-3,5-6,17H2. The van der Waals surface area contributed by atoms with Gasteiger partial charge in [-0.25, -0.2) is 0 Å². The maximum atomic E-state index is 6.24. The molecule has 1 aliphatic rings. The predicted molar refractivity (Wildman–Crippen MR) is 118 cm³/mol. The minimum atomic E-state index is 0.463. The molecule has 144 valence electrons. The highest BCUT2D eigenvalue weighted by atomic mass is 35.5. The molecule has 4 rings (SSSR count). The Bertz CT molecular complexity index is 928.